The number of hydrogen-bond donors (Lipinski definition) is 1. The standard InChI is InChI=1S/C15H19FN2O3/c1-17(13-4-2-12(16)3-5-13)10-14(19)18-8-6-11(7-9-18)15(20)21/h2-5,11H,6-10H2,1H3,(H,20,21). The Kier molecular flexibility index (Phi) is 4.77. The molecule has 0 unspecified atom stereocenters. The third-order valence-electron chi connectivity index (χ3n) is 3.84. The first kappa shape index (κ1) is 15.3. The number of hydrogen-bond acceptors (Lipinski definition) is 3. The van der Waals surface area contributed by atoms with E-state index in [1.165, 1.54) is 12.1 Å². The van der Waals surface area contributed by atoms with Crippen LogP contribution in [0.4, 0.5) is 10.1 Å². The summed E-state index contributed by atoms with van der Waals surface area (Å²) in [6.07, 6.45) is 1.00. The van der Waals surface area contributed by atoms with Gasteiger partial charge in [0.25, 0.3) is 0 Å². The van der Waals surface area contributed by atoms with Crippen LogP contribution in [0.2, 0.25) is 0 Å². The Morgan fingerprint density at radius 1 is 1.29 bits per heavy atom. The molecule has 1 amide bonds. The van der Waals surface area contributed by atoms with Gasteiger partial charge >= 0.3 is 5.97 Å². The molecule has 5 nitrogen and oxygen atoms in total. The van der Waals surface area contributed by atoms with Crippen molar-refractivity contribution in [2.45, 2.75) is 12.8 Å². The largest absolute Gasteiger partial charge is 0.481 e. The van der Waals surface area contributed by atoms with E-state index in [1.54, 1.807) is 29.0 Å². The number of carbonyl (C=O) groups is 2. The van der Waals surface area contributed by atoms with E-state index in [9.17, 15) is 14.0 Å². The first-order valence-electron chi connectivity index (χ1n) is 6.94. The highest BCUT2D eigenvalue weighted by Crippen LogP contribution is 2.18. The van der Waals surface area contributed by atoms with Crippen molar-refractivity contribution in [1.29, 1.82) is 0 Å². The van der Waals surface area contributed by atoms with Gasteiger partial charge in [-0.05, 0) is 37.1 Å². The van der Waals surface area contributed by atoms with Gasteiger partial charge in [0.2, 0.25) is 5.91 Å². The maximum atomic E-state index is 12.9. The lowest BCUT2D eigenvalue weighted by Gasteiger charge is -2.31. The van der Waals surface area contributed by atoms with Gasteiger partial charge in [0, 0.05) is 25.8 Å². The normalized spacial score (nSPS) is 15.8. The van der Waals surface area contributed by atoms with Gasteiger partial charge in [0.05, 0.1) is 12.5 Å². The van der Waals surface area contributed by atoms with Crippen LogP contribution in [0.15, 0.2) is 24.3 Å². The number of amides is 1. The minimum absolute atomic E-state index is 0.0364. The highest BCUT2D eigenvalue weighted by atomic mass is 19.1. The van der Waals surface area contributed by atoms with Crippen LogP contribution >= 0.6 is 0 Å². The molecule has 0 aliphatic carbocycles. The van der Waals surface area contributed by atoms with E-state index in [0.29, 0.717) is 25.9 Å². The molecule has 6 heteroatoms. The topological polar surface area (TPSA) is 60.9 Å². The average molecular weight is 294 g/mol. The van der Waals surface area contributed by atoms with Crippen molar-refractivity contribution in [3.63, 3.8) is 0 Å². The summed E-state index contributed by atoms with van der Waals surface area (Å²) in [5.41, 5.74) is 0.769. The second-order valence-electron chi connectivity index (χ2n) is 5.33. The first-order valence-corrected chi connectivity index (χ1v) is 6.94. The highest BCUT2D eigenvalue weighted by molar-refractivity contribution is 5.81. The molecular formula is C15H19FN2O3. The van der Waals surface area contributed by atoms with Gasteiger partial charge in [-0.3, -0.25) is 9.59 Å². The molecule has 21 heavy (non-hydrogen) atoms. The van der Waals surface area contributed by atoms with Gasteiger partial charge in [-0.15, -0.1) is 0 Å². The Labute approximate surface area is 123 Å². The molecule has 0 radical (unpaired) electrons. The zero-order chi connectivity index (χ0) is 15.4. The molecule has 1 N–H and O–H groups in total. The Balaban J connectivity index is 1.87. The fourth-order valence-corrected chi connectivity index (χ4v) is 2.47. The van der Waals surface area contributed by atoms with Crippen LogP contribution in [0.1, 0.15) is 12.8 Å². The molecule has 1 aromatic carbocycles. The number of aliphatic carboxylic acids is 1. The number of halogens is 1. The molecule has 1 aromatic rings. The van der Waals surface area contributed by atoms with E-state index >= 15 is 0 Å². The number of anilines is 1. The van der Waals surface area contributed by atoms with Crippen molar-refractivity contribution in [3.05, 3.63) is 30.1 Å². The van der Waals surface area contributed by atoms with Crippen molar-refractivity contribution in [2.75, 3.05) is 31.6 Å². The van der Waals surface area contributed by atoms with Crippen LogP contribution in [0.3, 0.4) is 0 Å². The molecule has 0 spiro atoms. The van der Waals surface area contributed by atoms with E-state index in [-0.39, 0.29) is 24.2 Å². The van der Waals surface area contributed by atoms with Gasteiger partial charge in [-0.2, -0.15) is 0 Å². The van der Waals surface area contributed by atoms with E-state index < -0.39 is 5.97 Å². The SMILES string of the molecule is CN(CC(=O)N1CCC(C(=O)O)CC1)c1ccc(F)cc1. The fourth-order valence-electron chi connectivity index (χ4n) is 2.47. The summed E-state index contributed by atoms with van der Waals surface area (Å²) in [4.78, 5) is 26.5. The van der Waals surface area contributed by atoms with Crippen LogP contribution in [0.5, 0.6) is 0 Å². The second-order valence-corrected chi connectivity index (χ2v) is 5.33. The summed E-state index contributed by atoms with van der Waals surface area (Å²) in [7, 11) is 1.77. The molecule has 1 aliphatic heterocycles. The summed E-state index contributed by atoms with van der Waals surface area (Å²) in [5.74, 6) is -1.48. The molecule has 1 fully saturated rings. The summed E-state index contributed by atoms with van der Waals surface area (Å²) in [6, 6.07) is 5.96. The van der Waals surface area contributed by atoms with Gasteiger partial charge in [0.1, 0.15) is 5.82 Å². The van der Waals surface area contributed by atoms with Gasteiger partial charge in [-0.1, -0.05) is 0 Å². The average Bonchev–Trinajstić information content (AvgIpc) is 2.47. The zero-order valence-electron chi connectivity index (χ0n) is 12.0. The Bertz CT molecular complexity index is 510. The summed E-state index contributed by atoms with van der Waals surface area (Å²) >= 11 is 0. The van der Waals surface area contributed by atoms with Gasteiger partial charge in [0.15, 0.2) is 0 Å². The molecule has 2 rings (SSSR count). The fraction of sp³-hybridized carbons (Fsp3) is 0.467. The first-order chi connectivity index (χ1) is 9.97. The number of likely N-dealkylation sites (tertiary alicyclic amines) is 1. The molecule has 0 aromatic heterocycles. The summed E-state index contributed by atoms with van der Waals surface area (Å²) in [5, 5.41) is 8.94. The van der Waals surface area contributed by atoms with Crippen molar-refractivity contribution >= 4 is 17.6 Å². The lowest BCUT2D eigenvalue weighted by Crippen LogP contribution is -2.44. The Morgan fingerprint density at radius 2 is 1.86 bits per heavy atom. The smallest absolute Gasteiger partial charge is 0.306 e. The van der Waals surface area contributed by atoms with Crippen molar-refractivity contribution in [2.24, 2.45) is 5.92 Å². The number of carboxylic acid groups (broad SMARTS) is 1. The summed E-state index contributed by atoms with van der Waals surface area (Å²) < 4.78 is 12.9. The van der Waals surface area contributed by atoms with E-state index in [1.807, 2.05) is 0 Å². The van der Waals surface area contributed by atoms with Gasteiger partial charge in [-0.25, -0.2) is 4.39 Å². The molecule has 1 aliphatic rings. The zero-order valence-corrected chi connectivity index (χ0v) is 12.0. The second kappa shape index (κ2) is 6.56. The lowest BCUT2D eigenvalue weighted by atomic mass is 9.97. The molecule has 114 valence electrons. The number of rotatable bonds is 4. The van der Waals surface area contributed by atoms with Crippen molar-refractivity contribution in [1.82, 2.24) is 4.90 Å². The summed E-state index contributed by atoms with van der Waals surface area (Å²) in [6.45, 7) is 1.16. The van der Waals surface area contributed by atoms with Crippen LogP contribution in [-0.4, -0.2) is 48.6 Å². The minimum Gasteiger partial charge on any atom is -0.481 e. The molecule has 0 atom stereocenters. The Hall–Kier alpha value is -2.11. The van der Waals surface area contributed by atoms with Crippen LogP contribution < -0.4 is 4.90 Å². The molecule has 0 bridgehead atoms. The number of nitrogens with zero attached hydrogens (tertiary/aromatic N) is 2. The lowest BCUT2D eigenvalue weighted by molar-refractivity contribution is -0.145. The molecule has 0 saturated carbocycles. The van der Waals surface area contributed by atoms with E-state index in [2.05, 4.69) is 0 Å². The third kappa shape index (κ3) is 3.93. The predicted octanol–water partition coefficient (Wildman–Crippen LogP) is 1.59. The van der Waals surface area contributed by atoms with Crippen LogP contribution in [0.25, 0.3) is 0 Å². The number of piperidine rings is 1. The number of likely N-dealkylation sites (N-methyl/N-ethyl adjacent to an activating group) is 1. The maximum Gasteiger partial charge on any atom is 0.306 e. The highest BCUT2D eigenvalue weighted by Gasteiger charge is 2.27. The predicted molar refractivity (Wildman–Crippen MR) is 76.6 cm³/mol. The maximum absolute atomic E-state index is 12.9. The van der Waals surface area contributed by atoms with Crippen LogP contribution in [0, 0.1) is 11.7 Å². The van der Waals surface area contributed by atoms with E-state index in [4.69, 9.17) is 5.11 Å². The number of benzene rings is 1. The Morgan fingerprint density at radius 3 is 2.38 bits per heavy atom. The number of carboxylic acids is 1. The molecule has 1 heterocycles. The van der Waals surface area contributed by atoms with Crippen LogP contribution in [-0.2, 0) is 9.59 Å². The molecular weight excluding hydrogens is 275 g/mol. The quantitative estimate of drug-likeness (QED) is 0.916. The number of carbonyl (C=O) groups excluding carboxylic acids is 1. The molecule has 1 saturated heterocycles. The van der Waals surface area contributed by atoms with Crippen molar-refractivity contribution < 1.29 is 19.1 Å². The third-order valence-corrected chi connectivity index (χ3v) is 3.84. The van der Waals surface area contributed by atoms with E-state index in [0.717, 1.165) is 5.69 Å². The van der Waals surface area contributed by atoms with Crippen molar-refractivity contribution in [3.8, 4) is 0 Å². The monoisotopic (exact) mass is 294 g/mol. The minimum atomic E-state index is -0.787. The van der Waals surface area contributed by atoms with Gasteiger partial charge < -0.3 is 14.9 Å².